The van der Waals surface area contributed by atoms with Crippen molar-refractivity contribution in [2.24, 2.45) is 0 Å². The molecule has 3 aromatic carbocycles. The molecular weight excluding hydrogens is 452 g/mol. The van der Waals surface area contributed by atoms with Crippen LogP contribution in [-0.4, -0.2) is 27.9 Å². The number of hydrogen-bond acceptors (Lipinski definition) is 4. The molecule has 2 N–H and O–H groups in total. The van der Waals surface area contributed by atoms with E-state index in [0.29, 0.717) is 22.6 Å². The molecule has 6 heteroatoms. The second kappa shape index (κ2) is 9.04. The van der Waals surface area contributed by atoms with Crippen LogP contribution in [0.25, 0.3) is 16.7 Å². The van der Waals surface area contributed by atoms with Crippen LogP contribution in [-0.2, 0) is 9.59 Å². The predicted octanol–water partition coefficient (Wildman–Crippen LogP) is 6.20. The number of H-pyrrole nitrogens is 1. The standard InChI is InChI=1S/C30H28N2O4/c1-17(2)36-22-9-7-8-20(15-22)27-26(28(33)24-16-31-25-11-6-5-10-23(24)25)29(34)30(35)32(27)21-13-12-18(3)19(4)14-21/h5-17,27,31,33H,1-4H3/b28-26-. The minimum absolute atomic E-state index is 0.0439. The molecular formula is C30H28N2O4. The SMILES string of the molecule is Cc1ccc(N2C(=O)C(=O)/C(=C(\O)c3c[nH]c4ccccc34)C2c2cccc(OC(C)C)c2)cc1C. The smallest absolute Gasteiger partial charge is 0.300 e. The molecule has 1 unspecified atom stereocenters. The quantitative estimate of drug-likeness (QED) is 0.202. The summed E-state index contributed by atoms with van der Waals surface area (Å²) in [4.78, 5) is 31.6. The topological polar surface area (TPSA) is 82.6 Å². The minimum atomic E-state index is -0.823. The Kier molecular flexibility index (Phi) is 5.88. The number of nitrogens with one attached hydrogen (secondary N) is 1. The first kappa shape index (κ1) is 23.4. The van der Waals surface area contributed by atoms with Gasteiger partial charge in [0.2, 0.25) is 0 Å². The Bertz CT molecular complexity index is 1530. The normalized spacial score (nSPS) is 17.4. The van der Waals surface area contributed by atoms with Crippen LogP contribution in [0.15, 0.2) is 78.5 Å². The zero-order valence-corrected chi connectivity index (χ0v) is 20.7. The second-order valence-electron chi connectivity index (χ2n) is 9.42. The van der Waals surface area contributed by atoms with Gasteiger partial charge in [-0.1, -0.05) is 36.4 Å². The molecule has 4 aromatic rings. The summed E-state index contributed by atoms with van der Waals surface area (Å²) in [6.07, 6.45) is 1.62. The molecule has 1 amide bonds. The van der Waals surface area contributed by atoms with E-state index in [-0.39, 0.29) is 17.4 Å². The molecule has 2 heterocycles. The highest BCUT2D eigenvalue weighted by Crippen LogP contribution is 2.44. The number of aliphatic hydroxyl groups excluding tert-OH is 1. The van der Waals surface area contributed by atoms with Crippen LogP contribution in [0.1, 0.15) is 42.1 Å². The largest absolute Gasteiger partial charge is 0.507 e. The van der Waals surface area contributed by atoms with Gasteiger partial charge in [-0.3, -0.25) is 14.5 Å². The molecule has 1 aliphatic rings. The van der Waals surface area contributed by atoms with E-state index in [1.165, 1.54) is 4.90 Å². The van der Waals surface area contributed by atoms with Gasteiger partial charge in [0.25, 0.3) is 11.7 Å². The van der Waals surface area contributed by atoms with Crippen LogP contribution < -0.4 is 9.64 Å². The molecule has 36 heavy (non-hydrogen) atoms. The fourth-order valence-corrected chi connectivity index (χ4v) is 4.73. The zero-order valence-electron chi connectivity index (χ0n) is 20.7. The summed E-state index contributed by atoms with van der Waals surface area (Å²) in [6, 6.07) is 19.7. The third-order valence-corrected chi connectivity index (χ3v) is 6.60. The van der Waals surface area contributed by atoms with Crippen molar-refractivity contribution in [3.63, 3.8) is 0 Å². The van der Waals surface area contributed by atoms with Gasteiger partial charge in [-0.05, 0) is 74.7 Å². The number of aromatic amines is 1. The van der Waals surface area contributed by atoms with Crippen molar-refractivity contribution in [2.45, 2.75) is 39.8 Å². The van der Waals surface area contributed by atoms with E-state index in [9.17, 15) is 14.7 Å². The van der Waals surface area contributed by atoms with E-state index in [0.717, 1.165) is 22.0 Å². The Morgan fingerprint density at radius 1 is 0.972 bits per heavy atom. The van der Waals surface area contributed by atoms with E-state index in [1.54, 1.807) is 6.20 Å². The Labute approximate surface area is 209 Å². The fourth-order valence-electron chi connectivity index (χ4n) is 4.73. The van der Waals surface area contributed by atoms with Crippen LogP contribution in [0.4, 0.5) is 5.69 Å². The van der Waals surface area contributed by atoms with E-state index in [4.69, 9.17) is 4.74 Å². The van der Waals surface area contributed by atoms with Crippen LogP contribution in [0, 0.1) is 13.8 Å². The summed E-state index contributed by atoms with van der Waals surface area (Å²) in [6.45, 7) is 7.83. The number of anilines is 1. The lowest BCUT2D eigenvalue weighted by Crippen LogP contribution is -2.29. The van der Waals surface area contributed by atoms with E-state index in [1.807, 2.05) is 94.4 Å². The number of fused-ring (bicyclic) bond motifs is 1. The maximum Gasteiger partial charge on any atom is 0.300 e. The summed E-state index contributed by atoms with van der Waals surface area (Å²) in [7, 11) is 0. The summed E-state index contributed by atoms with van der Waals surface area (Å²) in [5.74, 6) is -0.992. The van der Waals surface area contributed by atoms with Crippen molar-refractivity contribution >= 4 is 34.0 Å². The van der Waals surface area contributed by atoms with Crippen molar-refractivity contribution in [3.05, 3.63) is 101 Å². The number of aromatic nitrogens is 1. The average molecular weight is 481 g/mol. The molecule has 6 nitrogen and oxygen atoms in total. The first-order valence-corrected chi connectivity index (χ1v) is 12.0. The van der Waals surface area contributed by atoms with Crippen molar-refractivity contribution in [2.75, 3.05) is 4.90 Å². The first-order chi connectivity index (χ1) is 17.3. The molecule has 0 saturated carbocycles. The molecule has 1 fully saturated rings. The number of carbonyl (C=O) groups excluding carboxylic acids is 2. The van der Waals surface area contributed by atoms with Crippen LogP contribution >= 0.6 is 0 Å². The molecule has 182 valence electrons. The van der Waals surface area contributed by atoms with Gasteiger partial charge in [0.15, 0.2) is 0 Å². The average Bonchev–Trinajstić information content (AvgIpc) is 3.39. The Balaban J connectivity index is 1.75. The number of nitrogens with zero attached hydrogens (tertiary/aromatic N) is 1. The molecule has 1 aliphatic heterocycles. The van der Waals surface area contributed by atoms with Gasteiger partial charge >= 0.3 is 0 Å². The van der Waals surface area contributed by atoms with Crippen molar-refractivity contribution < 1.29 is 19.4 Å². The number of para-hydroxylation sites is 1. The lowest BCUT2D eigenvalue weighted by Gasteiger charge is -2.26. The third kappa shape index (κ3) is 3.94. The molecule has 5 rings (SSSR count). The first-order valence-electron chi connectivity index (χ1n) is 12.0. The maximum atomic E-state index is 13.5. The van der Waals surface area contributed by atoms with Gasteiger partial charge in [-0.25, -0.2) is 0 Å². The zero-order chi connectivity index (χ0) is 25.6. The van der Waals surface area contributed by atoms with Gasteiger partial charge in [-0.2, -0.15) is 0 Å². The highest BCUT2D eigenvalue weighted by atomic mass is 16.5. The molecule has 1 aromatic heterocycles. The van der Waals surface area contributed by atoms with Gasteiger partial charge < -0.3 is 14.8 Å². The maximum absolute atomic E-state index is 13.5. The van der Waals surface area contributed by atoms with Gasteiger partial charge in [0.1, 0.15) is 11.5 Å². The van der Waals surface area contributed by atoms with E-state index in [2.05, 4.69) is 4.98 Å². The van der Waals surface area contributed by atoms with Gasteiger partial charge in [0.05, 0.1) is 17.7 Å². The second-order valence-corrected chi connectivity index (χ2v) is 9.42. The van der Waals surface area contributed by atoms with Crippen molar-refractivity contribution in [3.8, 4) is 5.75 Å². The summed E-state index contributed by atoms with van der Waals surface area (Å²) < 4.78 is 5.90. The molecule has 0 radical (unpaired) electrons. The van der Waals surface area contributed by atoms with E-state index >= 15 is 0 Å². The van der Waals surface area contributed by atoms with Crippen LogP contribution in [0.2, 0.25) is 0 Å². The molecule has 0 aliphatic carbocycles. The number of Topliss-reactive ketones (excluding diaryl/α,β-unsaturated/α-hetero) is 1. The lowest BCUT2D eigenvalue weighted by atomic mass is 9.94. The van der Waals surface area contributed by atoms with Crippen LogP contribution in [0.5, 0.6) is 5.75 Å². The number of aliphatic hydroxyl groups is 1. The molecule has 0 spiro atoms. The number of carbonyl (C=O) groups is 2. The Morgan fingerprint density at radius 2 is 1.75 bits per heavy atom. The summed E-state index contributed by atoms with van der Waals surface area (Å²) >= 11 is 0. The number of benzene rings is 3. The molecule has 1 saturated heterocycles. The number of amides is 1. The fraction of sp³-hybridized carbons (Fsp3) is 0.200. The summed E-state index contributed by atoms with van der Waals surface area (Å²) in [5.41, 5.74) is 4.70. The molecule has 0 bridgehead atoms. The lowest BCUT2D eigenvalue weighted by molar-refractivity contribution is -0.132. The number of aryl methyl sites for hydroxylation is 2. The number of rotatable bonds is 5. The highest BCUT2D eigenvalue weighted by Gasteiger charge is 2.47. The monoisotopic (exact) mass is 480 g/mol. The minimum Gasteiger partial charge on any atom is -0.507 e. The Hall–Kier alpha value is -4.32. The molecule has 1 atom stereocenters. The highest BCUT2D eigenvalue weighted by molar-refractivity contribution is 6.51. The van der Waals surface area contributed by atoms with Crippen molar-refractivity contribution in [1.82, 2.24) is 4.98 Å². The summed E-state index contributed by atoms with van der Waals surface area (Å²) in [5, 5.41) is 12.3. The van der Waals surface area contributed by atoms with Crippen LogP contribution in [0.3, 0.4) is 0 Å². The predicted molar refractivity (Wildman–Crippen MR) is 141 cm³/mol. The Morgan fingerprint density at radius 3 is 2.50 bits per heavy atom. The van der Waals surface area contributed by atoms with Gasteiger partial charge in [0, 0.05) is 28.4 Å². The third-order valence-electron chi connectivity index (χ3n) is 6.60. The number of hydrogen-bond donors (Lipinski definition) is 2. The number of ketones is 1. The van der Waals surface area contributed by atoms with Gasteiger partial charge in [-0.15, -0.1) is 0 Å². The number of ether oxygens (including phenoxy) is 1. The van der Waals surface area contributed by atoms with Crippen molar-refractivity contribution in [1.29, 1.82) is 0 Å². The van der Waals surface area contributed by atoms with E-state index < -0.39 is 17.7 Å².